The van der Waals surface area contributed by atoms with Crippen LogP contribution in [0.25, 0.3) is 6.08 Å². The molecule has 1 N–H and O–H groups in total. The van der Waals surface area contributed by atoms with Crippen molar-refractivity contribution >= 4 is 12.0 Å². The van der Waals surface area contributed by atoms with Gasteiger partial charge in [0.1, 0.15) is 6.42 Å². The van der Waals surface area contributed by atoms with E-state index in [1.165, 1.54) is 10.5 Å². The van der Waals surface area contributed by atoms with Crippen LogP contribution in [-0.4, -0.2) is 43.5 Å². The summed E-state index contributed by atoms with van der Waals surface area (Å²) >= 11 is 0. The van der Waals surface area contributed by atoms with E-state index in [2.05, 4.69) is 24.3 Å². The van der Waals surface area contributed by atoms with Crippen molar-refractivity contribution in [1.82, 2.24) is 4.90 Å². The van der Waals surface area contributed by atoms with Gasteiger partial charge in [0.2, 0.25) is 5.91 Å². The lowest BCUT2D eigenvalue weighted by Gasteiger charge is -2.31. The highest BCUT2D eigenvalue weighted by atomic mass is 16.2. The van der Waals surface area contributed by atoms with Crippen LogP contribution in [0, 0.1) is 11.3 Å². The van der Waals surface area contributed by atoms with Crippen LogP contribution < -0.4 is 4.90 Å². The first-order valence-corrected chi connectivity index (χ1v) is 6.99. The molecule has 1 saturated heterocycles. The molecule has 0 spiro atoms. The lowest BCUT2D eigenvalue weighted by Crippen LogP contribution is -3.14. The Hall–Kier alpha value is -2.12. The van der Waals surface area contributed by atoms with Crippen molar-refractivity contribution in [2.45, 2.75) is 6.42 Å². The minimum absolute atomic E-state index is 0.00322. The largest absolute Gasteiger partial charge is 0.331 e. The molecule has 4 heteroatoms. The van der Waals surface area contributed by atoms with E-state index in [1.807, 2.05) is 24.3 Å². The van der Waals surface area contributed by atoms with Crippen molar-refractivity contribution in [1.29, 1.82) is 5.26 Å². The molecule has 0 atom stereocenters. The molecule has 1 aliphatic rings. The molecule has 0 aliphatic carbocycles. The van der Waals surface area contributed by atoms with E-state index in [1.54, 1.807) is 4.90 Å². The van der Waals surface area contributed by atoms with E-state index in [-0.39, 0.29) is 12.3 Å². The molecule has 1 amide bonds. The number of nitrogens with one attached hydrogen (secondary N) is 1. The normalized spacial score (nSPS) is 16.2. The van der Waals surface area contributed by atoms with Gasteiger partial charge in [0.25, 0.3) is 0 Å². The molecule has 0 aromatic heterocycles. The summed E-state index contributed by atoms with van der Waals surface area (Å²) in [6.45, 7) is 4.41. The van der Waals surface area contributed by atoms with Gasteiger partial charge in [0, 0.05) is 0 Å². The zero-order chi connectivity index (χ0) is 14.2. The summed E-state index contributed by atoms with van der Waals surface area (Å²) in [5.74, 6) is -0.0358. The molecular weight excluding hydrogens is 250 g/mol. The number of hydrogen-bond donors (Lipinski definition) is 1. The van der Waals surface area contributed by atoms with E-state index < -0.39 is 0 Å². The van der Waals surface area contributed by atoms with E-state index >= 15 is 0 Å². The summed E-state index contributed by atoms with van der Waals surface area (Å²) in [5.41, 5.74) is 1.22. The van der Waals surface area contributed by atoms with Crippen molar-refractivity contribution in [2.75, 3.05) is 32.7 Å². The van der Waals surface area contributed by atoms with Gasteiger partial charge >= 0.3 is 0 Å². The third-order valence-corrected chi connectivity index (χ3v) is 3.57. The van der Waals surface area contributed by atoms with Gasteiger partial charge < -0.3 is 9.80 Å². The molecule has 104 valence electrons. The Morgan fingerprint density at radius 1 is 1.30 bits per heavy atom. The molecule has 1 aromatic carbocycles. The van der Waals surface area contributed by atoms with Crippen LogP contribution in [-0.2, 0) is 4.79 Å². The predicted octanol–water partition coefficient (Wildman–Crippen LogP) is 0.341. The van der Waals surface area contributed by atoms with Gasteiger partial charge in [-0.05, 0) is 11.6 Å². The zero-order valence-corrected chi connectivity index (χ0v) is 11.6. The van der Waals surface area contributed by atoms with Crippen LogP contribution in [0.3, 0.4) is 0 Å². The van der Waals surface area contributed by atoms with Crippen LogP contribution in [0.4, 0.5) is 0 Å². The lowest BCUT2D eigenvalue weighted by molar-refractivity contribution is -0.898. The number of quaternary nitrogens is 1. The van der Waals surface area contributed by atoms with Crippen LogP contribution in [0.15, 0.2) is 36.4 Å². The highest BCUT2D eigenvalue weighted by Crippen LogP contribution is 2.00. The van der Waals surface area contributed by atoms with Crippen LogP contribution >= 0.6 is 0 Å². The molecule has 1 aromatic rings. The van der Waals surface area contributed by atoms with Crippen LogP contribution in [0.5, 0.6) is 0 Å². The van der Waals surface area contributed by atoms with Crippen molar-refractivity contribution in [3.05, 3.63) is 42.0 Å². The molecule has 1 fully saturated rings. The van der Waals surface area contributed by atoms with Crippen molar-refractivity contribution in [2.24, 2.45) is 0 Å². The Kier molecular flexibility index (Phi) is 5.33. The minimum atomic E-state index is -0.0358. The standard InChI is InChI=1S/C16H19N3O/c17-9-8-16(20)19-13-11-18(12-14-19)10-4-7-15-5-2-1-3-6-15/h1-7H,8,10-14H2/p+1/b7-4+. The molecule has 20 heavy (non-hydrogen) atoms. The summed E-state index contributed by atoms with van der Waals surface area (Å²) < 4.78 is 0. The highest BCUT2D eigenvalue weighted by Gasteiger charge is 2.22. The molecule has 0 saturated carbocycles. The fourth-order valence-electron chi connectivity index (χ4n) is 2.38. The first-order chi connectivity index (χ1) is 9.79. The van der Waals surface area contributed by atoms with Gasteiger partial charge in [0.05, 0.1) is 38.8 Å². The quantitative estimate of drug-likeness (QED) is 0.858. The van der Waals surface area contributed by atoms with Gasteiger partial charge in [-0.15, -0.1) is 0 Å². The summed E-state index contributed by atoms with van der Waals surface area (Å²) in [6.07, 6.45) is 4.33. The number of carbonyl (C=O) groups is 1. The Labute approximate surface area is 119 Å². The van der Waals surface area contributed by atoms with E-state index in [9.17, 15) is 4.79 Å². The van der Waals surface area contributed by atoms with Gasteiger partial charge in [0.15, 0.2) is 0 Å². The minimum Gasteiger partial charge on any atom is -0.331 e. The first kappa shape index (κ1) is 14.3. The molecule has 1 heterocycles. The number of rotatable bonds is 4. The number of benzene rings is 1. The summed E-state index contributed by atoms with van der Waals surface area (Å²) in [6, 6.07) is 12.2. The van der Waals surface area contributed by atoms with Gasteiger partial charge in [-0.2, -0.15) is 5.26 Å². The fraction of sp³-hybridized carbons (Fsp3) is 0.375. The summed E-state index contributed by atoms with van der Waals surface area (Å²) in [7, 11) is 0. The Morgan fingerprint density at radius 3 is 2.65 bits per heavy atom. The molecule has 0 unspecified atom stereocenters. The topological polar surface area (TPSA) is 48.5 Å². The van der Waals surface area contributed by atoms with Crippen molar-refractivity contribution in [3.8, 4) is 6.07 Å². The smallest absolute Gasteiger partial charge is 0.237 e. The molecule has 4 nitrogen and oxygen atoms in total. The number of hydrogen-bond acceptors (Lipinski definition) is 2. The average molecular weight is 270 g/mol. The molecular formula is C16H20N3O+. The number of nitrogens with zero attached hydrogens (tertiary/aromatic N) is 2. The number of carbonyl (C=O) groups excluding carboxylic acids is 1. The maximum atomic E-state index is 11.6. The third-order valence-electron chi connectivity index (χ3n) is 3.57. The van der Waals surface area contributed by atoms with E-state index in [0.717, 1.165) is 32.7 Å². The summed E-state index contributed by atoms with van der Waals surface area (Å²) in [5, 5.41) is 8.53. The van der Waals surface area contributed by atoms with Crippen molar-refractivity contribution < 1.29 is 9.69 Å². The van der Waals surface area contributed by atoms with E-state index in [0.29, 0.717) is 0 Å². The number of amides is 1. The molecule has 2 rings (SSSR count). The van der Waals surface area contributed by atoms with Gasteiger partial charge in [-0.1, -0.05) is 36.4 Å². The second kappa shape index (κ2) is 7.46. The molecule has 0 bridgehead atoms. The maximum Gasteiger partial charge on any atom is 0.237 e. The average Bonchev–Trinajstić information content (AvgIpc) is 2.49. The second-order valence-corrected chi connectivity index (χ2v) is 4.98. The Balaban J connectivity index is 1.74. The van der Waals surface area contributed by atoms with Gasteiger partial charge in [-0.25, -0.2) is 0 Å². The third kappa shape index (κ3) is 4.22. The van der Waals surface area contributed by atoms with E-state index in [4.69, 9.17) is 5.26 Å². The van der Waals surface area contributed by atoms with Crippen molar-refractivity contribution in [3.63, 3.8) is 0 Å². The lowest BCUT2D eigenvalue weighted by atomic mass is 10.2. The monoisotopic (exact) mass is 270 g/mol. The zero-order valence-electron chi connectivity index (χ0n) is 11.6. The fourth-order valence-corrected chi connectivity index (χ4v) is 2.38. The van der Waals surface area contributed by atoms with Crippen LogP contribution in [0.2, 0.25) is 0 Å². The predicted molar refractivity (Wildman–Crippen MR) is 77.8 cm³/mol. The summed E-state index contributed by atoms with van der Waals surface area (Å²) in [4.78, 5) is 14.9. The SMILES string of the molecule is N#CCC(=O)N1CC[NH+](C/C=C/c2ccccc2)CC1. The number of nitriles is 1. The number of piperazine rings is 1. The Morgan fingerprint density at radius 2 is 2.00 bits per heavy atom. The highest BCUT2D eigenvalue weighted by molar-refractivity contribution is 5.78. The maximum absolute atomic E-state index is 11.6. The second-order valence-electron chi connectivity index (χ2n) is 4.98. The first-order valence-electron chi connectivity index (χ1n) is 6.99. The molecule has 0 radical (unpaired) electrons. The Bertz CT molecular complexity index is 496. The van der Waals surface area contributed by atoms with Gasteiger partial charge in [-0.3, -0.25) is 4.79 Å². The molecule has 1 aliphatic heterocycles. The van der Waals surface area contributed by atoms with Crippen LogP contribution in [0.1, 0.15) is 12.0 Å².